The topological polar surface area (TPSA) is 38.4 Å². The van der Waals surface area contributed by atoms with Gasteiger partial charge in [0.25, 0.3) is 0 Å². The quantitative estimate of drug-likeness (QED) is 0.657. The third-order valence-electron chi connectivity index (χ3n) is 3.55. The van der Waals surface area contributed by atoms with Crippen LogP contribution >= 0.6 is 11.8 Å². The number of hydrogen-bond donors (Lipinski definition) is 1. The van der Waals surface area contributed by atoms with E-state index in [1.54, 1.807) is 0 Å². The molecule has 1 aliphatic carbocycles. The Balaban J connectivity index is 2.05. The Morgan fingerprint density at radius 1 is 1.29 bits per heavy atom. The van der Waals surface area contributed by atoms with Crippen LogP contribution in [-0.2, 0) is 0 Å². The van der Waals surface area contributed by atoms with E-state index < -0.39 is 0 Å². The summed E-state index contributed by atoms with van der Waals surface area (Å²) in [5, 5.41) is 0. The first-order valence-electron chi connectivity index (χ1n) is 6.16. The molecule has 0 radical (unpaired) electrons. The average Bonchev–Trinajstić information content (AvgIpc) is 2.86. The zero-order valence-electron chi connectivity index (χ0n) is 10.4. The van der Waals surface area contributed by atoms with Crippen LogP contribution in [0.4, 0.5) is 0 Å². The number of nitrogens with zero attached hydrogens (tertiary/aromatic N) is 1. The van der Waals surface area contributed by atoms with E-state index in [4.69, 9.17) is 5.73 Å². The summed E-state index contributed by atoms with van der Waals surface area (Å²) in [5.41, 5.74) is 7.06. The molecule has 17 heavy (non-hydrogen) atoms. The van der Waals surface area contributed by atoms with Crippen LogP contribution in [0.5, 0.6) is 0 Å². The minimum Gasteiger partial charge on any atom is -0.384 e. The molecule has 0 bridgehead atoms. The summed E-state index contributed by atoms with van der Waals surface area (Å²) < 4.78 is 0.347. The monoisotopic (exact) mass is 248 g/mol. The van der Waals surface area contributed by atoms with E-state index in [0.29, 0.717) is 10.6 Å². The Morgan fingerprint density at radius 3 is 2.53 bits per heavy atom. The minimum atomic E-state index is 0.347. The molecule has 0 atom stereocenters. The number of amidine groups is 1. The number of nitrogens with two attached hydrogens (primary N) is 1. The lowest BCUT2D eigenvalue weighted by molar-refractivity contribution is 0.622. The molecule has 2 rings (SSSR count). The van der Waals surface area contributed by atoms with E-state index in [-0.39, 0.29) is 0 Å². The van der Waals surface area contributed by atoms with Crippen LogP contribution in [0.15, 0.2) is 35.3 Å². The molecule has 0 heterocycles. The van der Waals surface area contributed by atoms with Crippen molar-refractivity contribution < 1.29 is 0 Å². The largest absolute Gasteiger partial charge is 0.384 e. The van der Waals surface area contributed by atoms with Gasteiger partial charge in [-0.3, -0.25) is 4.99 Å². The fourth-order valence-corrected chi connectivity index (χ4v) is 3.27. The van der Waals surface area contributed by atoms with E-state index in [1.807, 2.05) is 42.1 Å². The second kappa shape index (κ2) is 5.58. The molecule has 3 heteroatoms. The van der Waals surface area contributed by atoms with Crippen molar-refractivity contribution in [3.8, 4) is 0 Å². The third kappa shape index (κ3) is 3.03. The van der Waals surface area contributed by atoms with Crippen LogP contribution < -0.4 is 5.73 Å². The maximum atomic E-state index is 6.03. The second-order valence-electron chi connectivity index (χ2n) is 4.66. The Morgan fingerprint density at radius 2 is 1.94 bits per heavy atom. The predicted molar refractivity (Wildman–Crippen MR) is 76.7 cm³/mol. The summed E-state index contributed by atoms with van der Waals surface area (Å²) in [6, 6.07) is 10.0. The smallest absolute Gasteiger partial charge is 0.125 e. The van der Waals surface area contributed by atoms with Crippen LogP contribution in [0, 0.1) is 0 Å². The van der Waals surface area contributed by atoms with Gasteiger partial charge in [-0.25, -0.2) is 0 Å². The SMILES string of the molecule is CSC1(CN=C(N)c2ccccc2)CCCC1. The predicted octanol–water partition coefficient (Wildman–Crippen LogP) is 3.07. The molecule has 1 aromatic rings. The minimum absolute atomic E-state index is 0.347. The van der Waals surface area contributed by atoms with Crippen molar-refractivity contribution >= 4 is 17.6 Å². The summed E-state index contributed by atoms with van der Waals surface area (Å²) >= 11 is 1.95. The molecule has 92 valence electrons. The fraction of sp³-hybridized carbons (Fsp3) is 0.500. The van der Waals surface area contributed by atoms with Gasteiger partial charge < -0.3 is 5.73 Å². The van der Waals surface area contributed by atoms with Gasteiger partial charge in [-0.15, -0.1) is 0 Å². The summed E-state index contributed by atoms with van der Waals surface area (Å²) in [4.78, 5) is 4.59. The lowest BCUT2D eigenvalue weighted by Crippen LogP contribution is -2.26. The van der Waals surface area contributed by atoms with Crippen molar-refractivity contribution in [2.75, 3.05) is 12.8 Å². The van der Waals surface area contributed by atoms with E-state index in [2.05, 4.69) is 11.2 Å². The molecular formula is C14H20N2S. The van der Waals surface area contributed by atoms with Crippen molar-refractivity contribution in [1.82, 2.24) is 0 Å². The molecule has 1 aliphatic rings. The van der Waals surface area contributed by atoms with Gasteiger partial charge >= 0.3 is 0 Å². The highest BCUT2D eigenvalue weighted by atomic mass is 32.2. The van der Waals surface area contributed by atoms with Gasteiger partial charge in [-0.2, -0.15) is 11.8 Å². The lowest BCUT2D eigenvalue weighted by Gasteiger charge is -2.24. The number of thioether (sulfide) groups is 1. The van der Waals surface area contributed by atoms with Crippen LogP contribution in [0.1, 0.15) is 31.2 Å². The van der Waals surface area contributed by atoms with Gasteiger partial charge in [0.15, 0.2) is 0 Å². The molecule has 2 N–H and O–H groups in total. The Kier molecular flexibility index (Phi) is 4.11. The van der Waals surface area contributed by atoms with E-state index in [0.717, 1.165) is 12.1 Å². The summed E-state index contributed by atoms with van der Waals surface area (Å²) in [7, 11) is 0. The Bertz CT molecular complexity index is 380. The first-order valence-corrected chi connectivity index (χ1v) is 7.39. The van der Waals surface area contributed by atoms with Crippen LogP contribution in [0.3, 0.4) is 0 Å². The van der Waals surface area contributed by atoms with Crippen molar-refractivity contribution in [3.05, 3.63) is 35.9 Å². The molecule has 0 saturated heterocycles. The molecule has 1 aromatic carbocycles. The van der Waals surface area contributed by atoms with Crippen molar-refractivity contribution in [1.29, 1.82) is 0 Å². The van der Waals surface area contributed by atoms with Crippen molar-refractivity contribution in [3.63, 3.8) is 0 Å². The summed E-state index contributed by atoms with van der Waals surface area (Å²) in [5.74, 6) is 0.672. The number of rotatable bonds is 4. The number of hydrogen-bond acceptors (Lipinski definition) is 2. The molecule has 2 nitrogen and oxygen atoms in total. The van der Waals surface area contributed by atoms with E-state index >= 15 is 0 Å². The van der Waals surface area contributed by atoms with Gasteiger partial charge in [0.1, 0.15) is 5.84 Å². The maximum absolute atomic E-state index is 6.03. The van der Waals surface area contributed by atoms with Gasteiger partial charge in [-0.05, 0) is 19.1 Å². The van der Waals surface area contributed by atoms with E-state index in [1.165, 1.54) is 25.7 Å². The molecular weight excluding hydrogens is 228 g/mol. The zero-order chi connectivity index (χ0) is 12.1. The molecule has 1 fully saturated rings. The molecule has 0 unspecified atom stereocenters. The van der Waals surface area contributed by atoms with Crippen molar-refractivity contribution in [2.45, 2.75) is 30.4 Å². The first kappa shape index (κ1) is 12.5. The van der Waals surface area contributed by atoms with Gasteiger partial charge in [0, 0.05) is 10.3 Å². The van der Waals surface area contributed by atoms with Gasteiger partial charge in [0.05, 0.1) is 6.54 Å². The first-order chi connectivity index (χ1) is 8.26. The summed E-state index contributed by atoms with van der Waals surface area (Å²) in [6.45, 7) is 0.856. The van der Waals surface area contributed by atoms with E-state index in [9.17, 15) is 0 Å². The average molecular weight is 248 g/mol. The summed E-state index contributed by atoms with van der Waals surface area (Å²) in [6.07, 6.45) is 7.42. The molecule has 0 spiro atoms. The third-order valence-corrected chi connectivity index (χ3v) is 4.96. The lowest BCUT2D eigenvalue weighted by atomic mass is 10.1. The molecule has 1 saturated carbocycles. The normalized spacial score (nSPS) is 19.5. The van der Waals surface area contributed by atoms with Gasteiger partial charge in [0.2, 0.25) is 0 Å². The standard InChI is InChI=1S/C14H20N2S/c1-17-14(9-5-6-10-14)11-16-13(15)12-7-3-2-4-8-12/h2-4,7-8H,5-6,9-11H2,1H3,(H2,15,16). The molecule has 0 aliphatic heterocycles. The highest BCUT2D eigenvalue weighted by Crippen LogP contribution is 2.40. The highest BCUT2D eigenvalue weighted by Gasteiger charge is 2.32. The highest BCUT2D eigenvalue weighted by molar-refractivity contribution is 8.00. The fourth-order valence-electron chi connectivity index (χ4n) is 2.38. The maximum Gasteiger partial charge on any atom is 0.125 e. The molecule has 0 amide bonds. The van der Waals surface area contributed by atoms with Crippen LogP contribution in [0.25, 0.3) is 0 Å². The second-order valence-corrected chi connectivity index (χ2v) is 5.94. The van der Waals surface area contributed by atoms with Gasteiger partial charge in [-0.1, -0.05) is 43.2 Å². The number of aliphatic imine (C=N–C) groups is 1. The van der Waals surface area contributed by atoms with Crippen LogP contribution in [-0.4, -0.2) is 23.4 Å². The number of benzene rings is 1. The Hall–Kier alpha value is -0.960. The van der Waals surface area contributed by atoms with Crippen molar-refractivity contribution in [2.24, 2.45) is 10.7 Å². The molecule has 0 aromatic heterocycles. The Labute approximate surface area is 108 Å². The zero-order valence-corrected chi connectivity index (χ0v) is 11.2. The van der Waals surface area contributed by atoms with Crippen LogP contribution in [0.2, 0.25) is 0 Å².